The number of alkyl halides is 3. The third-order valence-electron chi connectivity index (χ3n) is 2.65. The number of nitrogens with one attached hydrogen (secondary N) is 1. The summed E-state index contributed by atoms with van der Waals surface area (Å²) in [5.41, 5.74) is -1.24. The lowest BCUT2D eigenvalue weighted by Crippen LogP contribution is -2.26. The summed E-state index contributed by atoms with van der Waals surface area (Å²) in [5, 5.41) is 9.58. The fraction of sp³-hybridized carbons (Fsp3) is 0.417. The molecule has 0 aliphatic rings. The van der Waals surface area contributed by atoms with Crippen LogP contribution in [0.1, 0.15) is 24.8 Å². The van der Waals surface area contributed by atoms with E-state index in [1.807, 2.05) is 0 Å². The Bertz CT molecular complexity index is 646. The number of carboxylic acid groups (broad SMARTS) is 1. The van der Waals surface area contributed by atoms with Crippen LogP contribution in [0.3, 0.4) is 0 Å². The third-order valence-corrected chi connectivity index (χ3v) is 4.44. The quantitative estimate of drug-likeness (QED) is 0.749. The highest BCUT2D eigenvalue weighted by Crippen LogP contribution is 2.35. The molecule has 124 valence electrons. The number of carbonyl (C=O) groups is 1. The van der Waals surface area contributed by atoms with Crippen molar-refractivity contribution in [3.63, 3.8) is 0 Å². The number of rotatable bonds is 7. The maximum absolute atomic E-state index is 12.7. The van der Waals surface area contributed by atoms with Crippen LogP contribution in [0.15, 0.2) is 23.1 Å². The Balaban J connectivity index is 2.79. The molecule has 0 amide bonds. The zero-order valence-corrected chi connectivity index (χ0v) is 12.7. The SMILES string of the molecule is O=C([O-])CCCCNS(=O)(=O)c1ccc(Cl)c(C(F)(F)F)c1. The van der Waals surface area contributed by atoms with Gasteiger partial charge >= 0.3 is 6.18 Å². The number of sulfonamides is 1. The van der Waals surface area contributed by atoms with Crippen molar-refractivity contribution in [2.45, 2.75) is 30.3 Å². The molecule has 1 rings (SSSR count). The molecule has 0 aliphatic heterocycles. The zero-order valence-electron chi connectivity index (χ0n) is 11.1. The summed E-state index contributed by atoms with van der Waals surface area (Å²) in [5.74, 6) is -1.25. The smallest absolute Gasteiger partial charge is 0.417 e. The average molecular weight is 359 g/mol. The molecule has 0 radical (unpaired) electrons. The van der Waals surface area contributed by atoms with Crippen LogP contribution in [0.5, 0.6) is 0 Å². The van der Waals surface area contributed by atoms with Crippen molar-refractivity contribution >= 4 is 27.6 Å². The number of aliphatic carboxylic acids is 1. The topological polar surface area (TPSA) is 86.3 Å². The molecule has 0 unspecified atom stereocenters. The van der Waals surface area contributed by atoms with Crippen molar-refractivity contribution in [1.29, 1.82) is 0 Å². The van der Waals surface area contributed by atoms with E-state index in [1.54, 1.807) is 0 Å². The van der Waals surface area contributed by atoms with Gasteiger partial charge in [-0.3, -0.25) is 0 Å². The first-order chi connectivity index (χ1) is 10.0. The van der Waals surface area contributed by atoms with Crippen molar-refractivity contribution in [2.75, 3.05) is 6.54 Å². The molecule has 0 saturated carbocycles. The van der Waals surface area contributed by atoms with Gasteiger partial charge in [0.15, 0.2) is 0 Å². The van der Waals surface area contributed by atoms with E-state index in [-0.39, 0.29) is 25.8 Å². The molecule has 0 heterocycles. The molecule has 0 spiro atoms. The molecule has 0 aliphatic carbocycles. The summed E-state index contributed by atoms with van der Waals surface area (Å²) in [6.45, 7) is -0.0976. The van der Waals surface area contributed by atoms with Gasteiger partial charge in [0.25, 0.3) is 0 Å². The fourth-order valence-electron chi connectivity index (χ4n) is 1.57. The fourth-order valence-corrected chi connectivity index (χ4v) is 2.90. The standard InChI is InChI=1S/C12H13ClF3NO4S/c13-10-5-4-8(7-9(10)12(14,15)16)22(20,21)17-6-2-1-3-11(18)19/h4-5,7,17H,1-3,6H2,(H,18,19)/p-1. The van der Waals surface area contributed by atoms with Crippen LogP contribution in [0.2, 0.25) is 5.02 Å². The number of carbonyl (C=O) groups excluding carboxylic acids is 1. The van der Waals surface area contributed by atoms with Crippen LogP contribution in [0.25, 0.3) is 0 Å². The minimum atomic E-state index is -4.77. The van der Waals surface area contributed by atoms with Gasteiger partial charge in [-0.1, -0.05) is 11.6 Å². The second-order valence-electron chi connectivity index (χ2n) is 4.37. The van der Waals surface area contributed by atoms with Gasteiger partial charge in [0.05, 0.1) is 15.5 Å². The van der Waals surface area contributed by atoms with E-state index < -0.39 is 37.7 Å². The summed E-state index contributed by atoms with van der Waals surface area (Å²) < 4.78 is 63.9. The molecule has 5 nitrogen and oxygen atoms in total. The predicted octanol–water partition coefficient (Wildman–Crippen LogP) is 1.56. The predicted molar refractivity (Wildman–Crippen MR) is 70.5 cm³/mol. The van der Waals surface area contributed by atoms with Crippen molar-refractivity contribution in [3.05, 3.63) is 28.8 Å². The lowest BCUT2D eigenvalue weighted by Gasteiger charge is -2.12. The van der Waals surface area contributed by atoms with Crippen LogP contribution >= 0.6 is 11.6 Å². The molecule has 0 aromatic heterocycles. The molecule has 0 bridgehead atoms. The van der Waals surface area contributed by atoms with E-state index in [1.165, 1.54) is 0 Å². The zero-order chi connectivity index (χ0) is 17.0. The van der Waals surface area contributed by atoms with Crippen molar-refractivity contribution in [1.82, 2.24) is 4.72 Å². The number of benzene rings is 1. The summed E-state index contributed by atoms with van der Waals surface area (Å²) in [6, 6.07) is 2.27. The van der Waals surface area contributed by atoms with Gasteiger partial charge in [-0.2, -0.15) is 13.2 Å². The van der Waals surface area contributed by atoms with Gasteiger partial charge in [-0.15, -0.1) is 0 Å². The minimum Gasteiger partial charge on any atom is -0.550 e. The molecular formula is C12H12ClF3NO4S-. The second-order valence-corrected chi connectivity index (χ2v) is 6.54. The molecule has 22 heavy (non-hydrogen) atoms. The van der Waals surface area contributed by atoms with Gasteiger partial charge in [-0.25, -0.2) is 13.1 Å². The van der Waals surface area contributed by atoms with Crippen molar-refractivity contribution in [3.8, 4) is 0 Å². The average Bonchev–Trinajstić information content (AvgIpc) is 2.36. The minimum absolute atomic E-state index is 0.0976. The van der Waals surface area contributed by atoms with Gasteiger partial charge < -0.3 is 9.90 Å². The number of carboxylic acids is 1. The number of hydrogen-bond acceptors (Lipinski definition) is 4. The molecular weight excluding hydrogens is 347 g/mol. The number of unbranched alkanes of at least 4 members (excludes halogenated alkanes) is 1. The van der Waals surface area contributed by atoms with Crippen molar-refractivity contribution in [2.24, 2.45) is 0 Å². The van der Waals surface area contributed by atoms with Gasteiger partial charge in [-0.05, 0) is 37.5 Å². The van der Waals surface area contributed by atoms with Crippen LogP contribution in [0.4, 0.5) is 13.2 Å². The lowest BCUT2D eigenvalue weighted by atomic mass is 10.2. The van der Waals surface area contributed by atoms with Crippen LogP contribution in [-0.4, -0.2) is 20.9 Å². The first-order valence-electron chi connectivity index (χ1n) is 6.10. The maximum atomic E-state index is 12.7. The van der Waals surface area contributed by atoms with Crippen molar-refractivity contribution < 1.29 is 31.5 Å². The molecule has 0 atom stereocenters. The van der Waals surface area contributed by atoms with Gasteiger partial charge in [0.1, 0.15) is 0 Å². The van der Waals surface area contributed by atoms with E-state index in [2.05, 4.69) is 4.72 Å². The highest BCUT2D eigenvalue weighted by Gasteiger charge is 2.34. The Morgan fingerprint density at radius 2 is 1.91 bits per heavy atom. The lowest BCUT2D eigenvalue weighted by molar-refractivity contribution is -0.305. The van der Waals surface area contributed by atoms with Crippen LogP contribution in [-0.2, 0) is 21.0 Å². The summed E-state index contributed by atoms with van der Waals surface area (Å²) >= 11 is 5.41. The summed E-state index contributed by atoms with van der Waals surface area (Å²) in [7, 11) is -4.13. The van der Waals surface area contributed by atoms with E-state index >= 15 is 0 Å². The second kappa shape index (κ2) is 7.30. The van der Waals surface area contributed by atoms with E-state index in [9.17, 15) is 31.5 Å². The molecule has 1 aromatic rings. The molecule has 1 aromatic carbocycles. The highest BCUT2D eigenvalue weighted by atomic mass is 35.5. The normalized spacial score (nSPS) is 12.4. The van der Waals surface area contributed by atoms with E-state index in [4.69, 9.17) is 11.6 Å². The Hall–Kier alpha value is -1.32. The Morgan fingerprint density at radius 3 is 2.45 bits per heavy atom. The Kier molecular flexibility index (Phi) is 6.21. The van der Waals surface area contributed by atoms with E-state index in [0.717, 1.165) is 12.1 Å². The van der Waals surface area contributed by atoms with Gasteiger partial charge in [0, 0.05) is 12.5 Å². The summed E-state index contributed by atoms with van der Waals surface area (Å²) in [6.07, 6.45) is -4.58. The van der Waals surface area contributed by atoms with Crippen LogP contribution < -0.4 is 9.83 Å². The van der Waals surface area contributed by atoms with Gasteiger partial charge in [0.2, 0.25) is 10.0 Å². The largest absolute Gasteiger partial charge is 0.550 e. The summed E-state index contributed by atoms with van der Waals surface area (Å²) in [4.78, 5) is 9.61. The first kappa shape index (κ1) is 18.7. The maximum Gasteiger partial charge on any atom is 0.417 e. The third kappa shape index (κ3) is 5.47. The first-order valence-corrected chi connectivity index (χ1v) is 7.96. The Morgan fingerprint density at radius 1 is 1.27 bits per heavy atom. The molecule has 10 heteroatoms. The molecule has 0 fully saturated rings. The molecule has 1 N–H and O–H groups in total. The van der Waals surface area contributed by atoms with Crippen LogP contribution in [0, 0.1) is 0 Å². The Labute approximate surface area is 130 Å². The number of halogens is 4. The molecule has 0 saturated heterocycles. The highest BCUT2D eigenvalue weighted by molar-refractivity contribution is 7.89. The number of hydrogen-bond donors (Lipinski definition) is 1. The van der Waals surface area contributed by atoms with E-state index in [0.29, 0.717) is 6.07 Å². The monoisotopic (exact) mass is 358 g/mol.